The number of alkyl halides is 1. The lowest BCUT2D eigenvalue weighted by molar-refractivity contribution is 0.102. The standard InChI is InChI=1S/C18H5Cl6N6O4S/c19-13-6(5-31)16(22)30(18(24)29-13)35(33,34)12-9(27-17(23)28-15(12)21)11(32)10-14(20)26-8-4-2-1-3-7(8)25-10/h1-4,16H. The molecular weight excluding hydrogens is 609 g/mol. The van der Waals surface area contributed by atoms with Gasteiger partial charge in [-0.2, -0.15) is 0 Å². The lowest BCUT2D eigenvalue weighted by Crippen LogP contribution is -2.44. The van der Waals surface area contributed by atoms with E-state index in [0.717, 1.165) is 0 Å². The Kier molecular flexibility index (Phi) is 7.22. The Balaban J connectivity index is 1.93. The number of hydrogen-bond acceptors (Lipinski definition) is 9. The van der Waals surface area contributed by atoms with Crippen LogP contribution >= 0.6 is 69.6 Å². The lowest BCUT2D eigenvalue weighted by Gasteiger charge is -2.30. The van der Waals surface area contributed by atoms with Gasteiger partial charge in [0.1, 0.15) is 10.9 Å². The van der Waals surface area contributed by atoms with Crippen LogP contribution in [0.1, 0.15) is 16.2 Å². The number of benzene rings is 1. The summed E-state index contributed by atoms with van der Waals surface area (Å²) < 4.78 is 27.5. The number of sulfonamides is 1. The number of halogens is 6. The minimum atomic E-state index is -4.97. The summed E-state index contributed by atoms with van der Waals surface area (Å²) in [7, 11) is -4.97. The Bertz CT molecular complexity index is 1600. The predicted molar refractivity (Wildman–Crippen MR) is 131 cm³/mol. The molecule has 1 atom stereocenters. The molecule has 0 saturated heterocycles. The highest BCUT2D eigenvalue weighted by Crippen LogP contribution is 2.36. The highest BCUT2D eigenvalue weighted by Gasteiger charge is 2.43. The Morgan fingerprint density at radius 2 is 1.54 bits per heavy atom. The predicted octanol–water partition coefficient (Wildman–Crippen LogP) is 4.34. The van der Waals surface area contributed by atoms with Gasteiger partial charge in [0.25, 0.3) is 10.0 Å². The molecule has 0 bridgehead atoms. The molecule has 0 saturated carbocycles. The summed E-state index contributed by atoms with van der Waals surface area (Å²) in [5.41, 5.74) is -2.93. The zero-order chi connectivity index (χ0) is 25.7. The minimum Gasteiger partial charge on any atom is -0.285 e. The van der Waals surface area contributed by atoms with Crippen LogP contribution in [0.5, 0.6) is 0 Å². The maximum absolute atomic E-state index is 13.6. The van der Waals surface area contributed by atoms with Gasteiger partial charge in [0.15, 0.2) is 26.4 Å². The normalized spacial score (nSPS) is 16.5. The first-order chi connectivity index (χ1) is 16.5. The van der Waals surface area contributed by atoms with Crippen LogP contribution in [0.2, 0.25) is 15.6 Å². The third-order valence-electron chi connectivity index (χ3n) is 4.42. The van der Waals surface area contributed by atoms with Crippen molar-refractivity contribution in [2.24, 2.45) is 4.99 Å². The van der Waals surface area contributed by atoms with Crippen molar-refractivity contribution in [1.29, 1.82) is 0 Å². The second-order valence-electron chi connectivity index (χ2n) is 6.47. The zero-order valence-corrected chi connectivity index (χ0v) is 21.7. The second kappa shape index (κ2) is 9.74. The van der Waals surface area contributed by atoms with Gasteiger partial charge < -0.3 is 0 Å². The van der Waals surface area contributed by atoms with Gasteiger partial charge in [0, 0.05) is 0 Å². The zero-order valence-electron chi connectivity index (χ0n) is 16.4. The van der Waals surface area contributed by atoms with Crippen molar-refractivity contribution in [2.75, 3.05) is 0 Å². The molecule has 4 rings (SSSR count). The van der Waals surface area contributed by atoms with Crippen molar-refractivity contribution in [1.82, 2.24) is 24.2 Å². The van der Waals surface area contributed by atoms with Gasteiger partial charge in [-0.1, -0.05) is 58.5 Å². The summed E-state index contributed by atoms with van der Waals surface area (Å²) in [5, 5.41) is -2.91. The van der Waals surface area contributed by atoms with E-state index in [0.29, 0.717) is 5.52 Å². The van der Waals surface area contributed by atoms with Crippen LogP contribution in [-0.2, 0) is 14.8 Å². The van der Waals surface area contributed by atoms with Gasteiger partial charge in [-0.3, -0.25) is 9.59 Å². The van der Waals surface area contributed by atoms with Crippen molar-refractivity contribution in [3.05, 3.63) is 62.0 Å². The molecule has 0 N–H and O–H groups in total. The number of nitrogens with zero attached hydrogens (tertiary/aromatic N) is 6. The number of rotatable bonds is 5. The number of fused-ring (bicyclic) bond motifs is 1. The molecule has 1 unspecified atom stereocenters. The first kappa shape index (κ1) is 26.0. The van der Waals surface area contributed by atoms with E-state index in [1.165, 1.54) is 6.29 Å². The molecule has 1 radical (unpaired) electrons. The van der Waals surface area contributed by atoms with Crippen LogP contribution in [0.4, 0.5) is 0 Å². The molecule has 3 aromatic rings. The van der Waals surface area contributed by atoms with Crippen molar-refractivity contribution in [3.8, 4) is 0 Å². The van der Waals surface area contributed by atoms with E-state index in [4.69, 9.17) is 69.6 Å². The molecule has 179 valence electrons. The fraction of sp³-hybridized carbons (Fsp3) is 0.0556. The third kappa shape index (κ3) is 4.57. The first-order valence-electron chi connectivity index (χ1n) is 8.88. The van der Waals surface area contributed by atoms with Gasteiger partial charge in [-0.15, -0.1) is 0 Å². The van der Waals surface area contributed by atoms with Crippen LogP contribution in [0.25, 0.3) is 11.0 Å². The molecule has 2 aromatic heterocycles. The van der Waals surface area contributed by atoms with E-state index < -0.39 is 64.1 Å². The maximum atomic E-state index is 13.6. The van der Waals surface area contributed by atoms with Gasteiger partial charge in [-0.25, -0.2) is 37.7 Å². The summed E-state index contributed by atoms with van der Waals surface area (Å²) >= 11 is 36.0. The molecule has 35 heavy (non-hydrogen) atoms. The van der Waals surface area contributed by atoms with E-state index in [1.807, 2.05) is 0 Å². The molecule has 1 aliphatic heterocycles. The fourth-order valence-electron chi connectivity index (χ4n) is 2.92. The Morgan fingerprint density at radius 3 is 2.17 bits per heavy atom. The summed E-state index contributed by atoms with van der Waals surface area (Å²) in [6.07, 6.45) is 1.39. The molecule has 0 aliphatic carbocycles. The molecule has 17 heteroatoms. The highest BCUT2D eigenvalue weighted by atomic mass is 35.5. The maximum Gasteiger partial charge on any atom is 0.273 e. The van der Waals surface area contributed by atoms with E-state index in [-0.39, 0.29) is 15.0 Å². The molecule has 1 aromatic carbocycles. The molecule has 1 aliphatic rings. The largest absolute Gasteiger partial charge is 0.285 e. The van der Waals surface area contributed by atoms with Crippen LogP contribution in [-0.4, -0.2) is 55.5 Å². The van der Waals surface area contributed by atoms with Crippen LogP contribution in [0.15, 0.2) is 44.9 Å². The number of aromatic nitrogens is 4. The summed E-state index contributed by atoms with van der Waals surface area (Å²) in [6, 6.07) is 6.49. The van der Waals surface area contributed by atoms with Crippen LogP contribution < -0.4 is 0 Å². The molecule has 0 amide bonds. The topological polar surface area (TPSA) is 135 Å². The van der Waals surface area contributed by atoms with Gasteiger partial charge in [0.05, 0.1) is 16.6 Å². The molecule has 3 heterocycles. The second-order valence-corrected chi connectivity index (χ2v) is 10.4. The quantitative estimate of drug-likeness (QED) is 0.136. The minimum absolute atomic E-state index is 0.283. The monoisotopic (exact) mass is 611 g/mol. The van der Waals surface area contributed by atoms with E-state index in [9.17, 15) is 18.0 Å². The van der Waals surface area contributed by atoms with Crippen molar-refractivity contribution >= 4 is 108 Å². The number of ketones is 1. The number of amidine groups is 1. The van der Waals surface area contributed by atoms with Gasteiger partial charge in [-0.05, 0) is 35.3 Å². The van der Waals surface area contributed by atoms with Crippen molar-refractivity contribution in [2.45, 2.75) is 10.4 Å². The number of carbonyl (C=O) groups is 1. The third-order valence-corrected chi connectivity index (χ3v) is 8.23. The van der Waals surface area contributed by atoms with Gasteiger partial charge in [0.2, 0.25) is 22.6 Å². The van der Waals surface area contributed by atoms with Crippen molar-refractivity contribution in [3.63, 3.8) is 0 Å². The summed E-state index contributed by atoms with van der Waals surface area (Å²) in [6.45, 7) is 0. The molecule has 0 spiro atoms. The van der Waals surface area contributed by atoms with Crippen molar-refractivity contribution < 1.29 is 18.0 Å². The average Bonchev–Trinajstić information content (AvgIpc) is 2.77. The van der Waals surface area contributed by atoms with Gasteiger partial charge >= 0.3 is 0 Å². The summed E-state index contributed by atoms with van der Waals surface area (Å²) in [5.74, 6) is -1.11. The number of carbonyl (C=O) groups excluding carboxylic acids is 2. The highest BCUT2D eigenvalue weighted by molar-refractivity contribution is 7.90. The van der Waals surface area contributed by atoms with E-state index in [1.54, 1.807) is 24.3 Å². The number of aliphatic imine (C=N–C) groups is 1. The van der Waals surface area contributed by atoms with Crippen LogP contribution in [0, 0.1) is 0 Å². The first-order valence-corrected chi connectivity index (χ1v) is 12.6. The molecular formula is C18H5Cl6N6O4S. The average molecular weight is 614 g/mol. The van der Waals surface area contributed by atoms with Crippen LogP contribution in [0.3, 0.4) is 0 Å². The Morgan fingerprint density at radius 1 is 0.914 bits per heavy atom. The number of para-hydroxylation sites is 2. The summed E-state index contributed by atoms with van der Waals surface area (Å²) in [4.78, 5) is 42.9. The fourth-order valence-corrected chi connectivity index (χ4v) is 6.63. The number of hydrogen-bond donors (Lipinski definition) is 0. The molecule has 10 nitrogen and oxygen atoms in total. The Hall–Kier alpha value is -2.12. The smallest absolute Gasteiger partial charge is 0.273 e. The van der Waals surface area contributed by atoms with E-state index in [2.05, 4.69) is 24.9 Å². The lowest BCUT2D eigenvalue weighted by atomic mass is 10.2. The molecule has 0 fully saturated rings. The SMILES string of the molecule is O=[C]C1=C(Cl)N=C(Cl)N(S(=O)(=O)c2c(Cl)nc(Cl)nc2C(=O)c2nc3ccccc3nc2Cl)C1Cl. The Labute approximate surface area is 226 Å². The van der Waals surface area contributed by atoms with E-state index >= 15 is 0 Å².